The number of hydrogen-bond acceptors (Lipinski definition) is 8. The van der Waals surface area contributed by atoms with Crippen molar-refractivity contribution in [2.45, 2.75) is 19.4 Å². The summed E-state index contributed by atoms with van der Waals surface area (Å²) in [6.07, 6.45) is 5.23. The Balaban J connectivity index is 1.64. The van der Waals surface area contributed by atoms with Crippen molar-refractivity contribution in [3.05, 3.63) is 83.7 Å². The second-order valence-corrected chi connectivity index (χ2v) is 7.62. The van der Waals surface area contributed by atoms with Crippen LogP contribution in [0.3, 0.4) is 0 Å². The predicted octanol–water partition coefficient (Wildman–Crippen LogP) is 2.33. The number of nitrogens with zero attached hydrogens (tertiary/aromatic N) is 5. The Morgan fingerprint density at radius 3 is 2.56 bits per heavy atom. The van der Waals surface area contributed by atoms with Gasteiger partial charge in [-0.3, -0.25) is 9.78 Å². The van der Waals surface area contributed by atoms with E-state index < -0.39 is 11.7 Å². The van der Waals surface area contributed by atoms with Crippen molar-refractivity contribution in [2.75, 3.05) is 17.2 Å². The molecule has 0 fully saturated rings. The molecule has 0 aliphatic rings. The van der Waals surface area contributed by atoms with E-state index in [1.54, 1.807) is 24.7 Å². The number of aromatic nitrogens is 5. The smallest absolute Gasteiger partial charge is 0.252 e. The first kappa shape index (κ1) is 22.8. The lowest BCUT2D eigenvalue weighted by Crippen LogP contribution is -2.32. The van der Waals surface area contributed by atoms with Crippen molar-refractivity contribution in [2.24, 2.45) is 11.5 Å². The summed E-state index contributed by atoms with van der Waals surface area (Å²) in [4.78, 5) is 22.1. The van der Waals surface area contributed by atoms with Crippen LogP contribution in [0.5, 0.6) is 0 Å². The van der Waals surface area contributed by atoms with Crippen molar-refractivity contribution in [3.8, 4) is 5.69 Å². The molecule has 0 bridgehead atoms. The van der Waals surface area contributed by atoms with Gasteiger partial charge in [-0.1, -0.05) is 30.3 Å². The summed E-state index contributed by atoms with van der Waals surface area (Å²) in [5.41, 5.74) is 14.1. The van der Waals surface area contributed by atoms with Crippen LogP contribution < -0.4 is 22.1 Å². The molecule has 1 amide bonds. The number of anilines is 3. The molecule has 10 nitrogen and oxygen atoms in total. The van der Waals surface area contributed by atoms with Gasteiger partial charge in [-0.05, 0) is 31.0 Å². The van der Waals surface area contributed by atoms with E-state index in [9.17, 15) is 9.18 Å². The second-order valence-electron chi connectivity index (χ2n) is 7.62. The first-order valence-corrected chi connectivity index (χ1v) is 10.6. The topological polar surface area (TPSA) is 150 Å². The normalized spacial score (nSPS) is 11.7. The van der Waals surface area contributed by atoms with Gasteiger partial charge >= 0.3 is 0 Å². The highest BCUT2D eigenvalue weighted by atomic mass is 19.1. The zero-order valence-electron chi connectivity index (χ0n) is 18.4. The van der Waals surface area contributed by atoms with Crippen molar-refractivity contribution >= 4 is 23.2 Å². The van der Waals surface area contributed by atoms with Crippen LogP contribution in [0.25, 0.3) is 5.69 Å². The van der Waals surface area contributed by atoms with Gasteiger partial charge in [-0.25, -0.2) is 9.37 Å². The van der Waals surface area contributed by atoms with Gasteiger partial charge < -0.3 is 22.1 Å². The Morgan fingerprint density at radius 1 is 1.15 bits per heavy atom. The maximum absolute atomic E-state index is 14.8. The molecule has 3 heterocycles. The Hall–Kier alpha value is -4.38. The van der Waals surface area contributed by atoms with Crippen LogP contribution in [0, 0.1) is 12.7 Å². The molecule has 0 unspecified atom stereocenters. The summed E-state index contributed by atoms with van der Waals surface area (Å²) in [6, 6.07) is 12.2. The van der Waals surface area contributed by atoms with Crippen LogP contribution in [0.4, 0.5) is 21.7 Å². The fraction of sp³-hybridized carbons (Fsp3) is 0.174. The van der Waals surface area contributed by atoms with E-state index in [4.69, 9.17) is 11.5 Å². The molecule has 174 valence electrons. The third kappa shape index (κ3) is 5.15. The molecular weight excluding hydrogens is 437 g/mol. The van der Waals surface area contributed by atoms with E-state index in [0.29, 0.717) is 23.5 Å². The molecule has 0 spiro atoms. The number of nitrogens with one attached hydrogen (secondary N) is 2. The van der Waals surface area contributed by atoms with E-state index in [2.05, 4.69) is 30.8 Å². The average molecular weight is 462 g/mol. The molecule has 1 aromatic carbocycles. The second kappa shape index (κ2) is 10.0. The molecule has 0 radical (unpaired) electrons. The first-order valence-electron chi connectivity index (χ1n) is 10.6. The minimum Gasteiger partial charge on any atom is -0.365 e. The molecule has 0 aliphatic heterocycles. The van der Waals surface area contributed by atoms with Gasteiger partial charge in [-0.2, -0.15) is 10.2 Å². The zero-order valence-corrected chi connectivity index (χ0v) is 18.4. The Labute approximate surface area is 195 Å². The number of benzene rings is 1. The van der Waals surface area contributed by atoms with Gasteiger partial charge in [-0.15, -0.1) is 4.80 Å². The summed E-state index contributed by atoms with van der Waals surface area (Å²) >= 11 is 0. The van der Waals surface area contributed by atoms with Gasteiger partial charge in [0.15, 0.2) is 11.6 Å². The van der Waals surface area contributed by atoms with Crippen LogP contribution in [0.2, 0.25) is 0 Å². The lowest BCUT2D eigenvalue weighted by molar-refractivity contribution is 0.100. The van der Waals surface area contributed by atoms with Crippen LogP contribution in [-0.2, 0) is 6.42 Å². The molecule has 0 saturated heterocycles. The van der Waals surface area contributed by atoms with Crippen LogP contribution in [0.1, 0.15) is 21.6 Å². The largest absolute Gasteiger partial charge is 0.365 e. The molecule has 3 aromatic heterocycles. The maximum atomic E-state index is 14.8. The predicted molar refractivity (Wildman–Crippen MR) is 126 cm³/mol. The summed E-state index contributed by atoms with van der Waals surface area (Å²) in [6.45, 7) is 2.06. The van der Waals surface area contributed by atoms with Crippen molar-refractivity contribution in [1.82, 2.24) is 25.0 Å². The summed E-state index contributed by atoms with van der Waals surface area (Å²) in [7, 11) is 0. The van der Waals surface area contributed by atoms with Crippen molar-refractivity contribution in [1.29, 1.82) is 0 Å². The Morgan fingerprint density at radius 2 is 1.88 bits per heavy atom. The number of carbonyl (C=O) groups excluding carboxylic acids is 1. The summed E-state index contributed by atoms with van der Waals surface area (Å²) in [5.74, 6) is -1.51. The number of pyridine rings is 2. The fourth-order valence-electron chi connectivity index (χ4n) is 3.43. The first-order chi connectivity index (χ1) is 16.4. The molecule has 34 heavy (non-hydrogen) atoms. The standard InChI is InChI=1S/C23H24FN9O/c1-14-20(33-28-7-8-29-33)10-17(13-27-14)31-22-18(21(26)34)11-19(24)23(32-22)30-16(12-25)9-15-5-3-2-4-6-15/h2-8,10-11,13,16H,9,12,25H2,1H3,(H2,26,34)(H2,30,31,32)/t16-/m1/s1. The quantitative estimate of drug-likeness (QED) is 0.297. The Kier molecular flexibility index (Phi) is 6.74. The van der Waals surface area contributed by atoms with Gasteiger partial charge in [0, 0.05) is 12.6 Å². The lowest BCUT2D eigenvalue weighted by atomic mass is 10.1. The Bertz CT molecular complexity index is 1280. The van der Waals surface area contributed by atoms with Gasteiger partial charge in [0.1, 0.15) is 11.5 Å². The van der Waals surface area contributed by atoms with Crippen LogP contribution in [0.15, 0.2) is 61.1 Å². The molecule has 11 heteroatoms. The third-order valence-electron chi connectivity index (χ3n) is 5.15. The number of aryl methyl sites for hydroxylation is 1. The minimum absolute atomic E-state index is 0.0482. The monoisotopic (exact) mass is 461 g/mol. The number of nitrogens with two attached hydrogens (primary N) is 2. The number of halogens is 1. The zero-order chi connectivity index (χ0) is 24.1. The highest BCUT2D eigenvalue weighted by molar-refractivity contribution is 5.98. The van der Waals surface area contributed by atoms with Crippen molar-refractivity contribution in [3.63, 3.8) is 0 Å². The third-order valence-corrected chi connectivity index (χ3v) is 5.15. The van der Waals surface area contributed by atoms with E-state index >= 15 is 0 Å². The van der Waals surface area contributed by atoms with E-state index in [-0.39, 0.29) is 29.8 Å². The van der Waals surface area contributed by atoms with Crippen LogP contribution >= 0.6 is 0 Å². The number of hydrogen-bond donors (Lipinski definition) is 4. The van der Waals surface area contributed by atoms with Gasteiger partial charge in [0.25, 0.3) is 5.91 Å². The highest BCUT2D eigenvalue weighted by Crippen LogP contribution is 2.25. The lowest BCUT2D eigenvalue weighted by Gasteiger charge is -2.19. The maximum Gasteiger partial charge on any atom is 0.252 e. The van der Waals surface area contributed by atoms with E-state index in [0.717, 1.165) is 11.6 Å². The van der Waals surface area contributed by atoms with Gasteiger partial charge in [0.05, 0.1) is 35.5 Å². The van der Waals surface area contributed by atoms with E-state index in [1.165, 1.54) is 4.80 Å². The number of primary amides is 1. The molecule has 6 N–H and O–H groups in total. The highest BCUT2D eigenvalue weighted by Gasteiger charge is 2.19. The minimum atomic E-state index is -0.825. The molecule has 0 aliphatic carbocycles. The van der Waals surface area contributed by atoms with E-state index in [1.807, 2.05) is 37.3 Å². The fourth-order valence-corrected chi connectivity index (χ4v) is 3.43. The van der Waals surface area contributed by atoms with Crippen molar-refractivity contribution < 1.29 is 9.18 Å². The molecule has 4 aromatic rings. The molecular formula is C23H24FN9O. The van der Waals surface area contributed by atoms with Crippen LogP contribution in [-0.4, -0.2) is 43.5 Å². The SMILES string of the molecule is Cc1ncc(Nc2nc(N[C@@H](CN)Cc3ccccc3)c(F)cc2C(N)=O)cc1-n1nccn1. The summed E-state index contributed by atoms with van der Waals surface area (Å²) in [5, 5.41) is 14.3. The summed E-state index contributed by atoms with van der Waals surface area (Å²) < 4.78 is 14.8. The number of amides is 1. The number of carbonyl (C=O) groups is 1. The average Bonchev–Trinajstić information content (AvgIpc) is 3.37. The van der Waals surface area contributed by atoms with Gasteiger partial charge in [0.2, 0.25) is 0 Å². The number of rotatable bonds is 9. The molecule has 0 saturated carbocycles. The molecule has 1 atom stereocenters. The molecule has 4 rings (SSSR count).